The molecule has 0 aromatic heterocycles. The first-order valence-corrected chi connectivity index (χ1v) is 11.0. The second kappa shape index (κ2) is 15.5. The van der Waals surface area contributed by atoms with Crippen LogP contribution in [-0.4, -0.2) is 49.1 Å². The van der Waals surface area contributed by atoms with E-state index in [0.29, 0.717) is 0 Å². The van der Waals surface area contributed by atoms with Crippen LogP contribution in [0.25, 0.3) is 0 Å². The van der Waals surface area contributed by atoms with E-state index in [1.807, 2.05) is 0 Å². The molecular formula is C25H34O12. The van der Waals surface area contributed by atoms with Gasteiger partial charge in [0, 0.05) is 12.2 Å². The minimum Gasteiger partial charge on any atom is -0.462 e. The Balaban J connectivity index is 3.69. The fourth-order valence-electron chi connectivity index (χ4n) is 3.00. The van der Waals surface area contributed by atoms with Gasteiger partial charge in [-0.25, -0.2) is 9.59 Å². The van der Waals surface area contributed by atoms with Gasteiger partial charge in [0.2, 0.25) is 0 Å². The van der Waals surface area contributed by atoms with Crippen LogP contribution in [0.1, 0.15) is 27.7 Å². The molecule has 0 aromatic carbocycles. The van der Waals surface area contributed by atoms with Crippen molar-refractivity contribution in [2.75, 3.05) is 6.61 Å². The Morgan fingerprint density at radius 1 is 0.595 bits per heavy atom. The number of ether oxygens (including phenoxy) is 2. The van der Waals surface area contributed by atoms with E-state index in [1.54, 1.807) is 0 Å². The molecule has 1 aliphatic rings. The molecule has 6 unspecified atom stereocenters. The van der Waals surface area contributed by atoms with Crippen LogP contribution in [0.15, 0.2) is 74.7 Å². The highest BCUT2D eigenvalue weighted by Crippen LogP contribution is 2.37. The third kappa shape index (κ3) is 10.5. The lowest BCUT2D eigenvalue weighted by atomic mass is 9.78. The molecule has 0 radical (unpaired) electrons. The molecular weight excluding hydrogens is 492 g/mol. The van der Waals surface area contributed by atoms with Gasteiger partial charge in [-0.3, -0.25) is 0 Å². The summed E-state index contributed by atoms with van der Waals surface area (Å²) in [5, 5.41) is 0. The van der Waals surface area contributed by atoms with Gasteiger partial charge >= 0.3 is 11.9 Å². The Morgan fingerprint density at radius 3 is 1.32 bits per heavy atom. The van der Waals surface area contributed by atoms with Gasteiger partial charge in [-0.05, 0) is 27.7 Å². The largest absolute Gasteiger partial charge is 0.462 e. The van der Waals surface area contributed by atoms with E-state index in [-0.39, 0.29) is 23.0 Å². The third-order valence-corrected chi connectivity index (χ3v) is 4.35. The molecule has 0 heterocycles. The fourth-order valence-corrected chi connectivity index (χ4v) is 3.00. The molecule has 1 fully saturated rings. The smallest absolute Gasteiger partial charge is 0.330 e. The maximum Gasteiger partial charge on any atom is 0.330 e. The van der Waals surface area contributed by atoms with Crippen LogP contribution in [0, 0.1) is 5.92 Å². The lowest BCUT2D eigenvalue weighted by Gasteiger charge is -2.45. The van der Waals surface area contributed by atoms with Crippen LogP contribution in [0.4, 0.5) is 0 Å². The second-order valence-electron chi connectivity index (χ2n) is 7.99. The first-order chi connectivity index (χ1) is 17.4. The molecule has 0 spiro atoms. The van der Waals surface area contributed by atoms with Gasteiger partial charge in [0.25, 0.3) is 0 Å². The standard InChI is InChI=1S/C25H34O12/c1-11-19(26)28-13-18-21(29-20(27)12-2)23(35-31-15(5)6)25(37-33-17(9)10)24(36-32-16(7)8)22(18)34-30-14(3)4/h11-12,18,21-25H,1-3,5,7,9,13H2,4,6,8,10H3. The van der Waals surface area contributed by atoms with Crippen molar-refractivity contribution in [1.82, 2.24) is 0 Å². The minimum atomic E-state index is -1.31. The third-order valence-electron chi connectivity index (χ3n) is 4.35. The van der Waals surface area contributed by atoms with E-state index >= 15 is 0 Å². The van der Waals surface area contributed by atoms with E-state index in [2.05, 4.69) is 39.5 Å². The van der Waals surface area contributed by atoms with Gasteiger partial charge in [-0.15, -0.1) is 0 Å². The summed E-state index contributed by atoms with van der Waals surface area (Å²) in [6, 6.07) is 0. The zero-order valence-corrected chi connectivity index (χ0v) is 21.5. The summed E-state index contributed by atoms with van der Waals surface area (Å²) in [4.78, 5) is 67.2. The van der Waals surface area contributed by atoms with Gasteiger partial charge in [0.1, 0.15) is 41.9 Å². The zero-order valence-electron chi connectivity index (χ0n) is 21.5. The van der Waals surface area contributed by atoms with Gasteiger partial charge in [0.05, 0.1) is 5.92 Å². The first-order valence-electron chi connectivity index (χ1n) is 11.0. The molecule has 0 bridgehead atoms. The predicted octanol–water partition coefficient (Wildman–Crippen LogP) is 3.84. The Hall–Kier alpha value is -3.58. The predicted molar refractivity (Wildman–Crippen MR) is 128 cm³/mol. The zero-order chi connectivity index (χ0) is 28.1. The van der Waals surface area contributed by atoms with E-state index in [9.17, 15) is 9.59 Å². The van der Waals surface area contributed by atoms with Crippen LogP contribution in [0.3, 0.4) is 0 Å². The van der Waals surface area contributed by atoms with Crippen LogP contribution in [-0.2, 0) is 58.2 Å². The van der Waals surface area contributed by atoms with E-state index in [1.165, 1.54) is 27.7 Å². The summed E-state index contributed by atoms with van der Waals surface area (Å²) in [7, 11) is 0. The van der Waals surface area contributed by atoms with Gasteiger partial charge in [0.15, 0.2) is 18.3 Å². The van der Waals surface area contributed by atoms with Crippen molar-refractivity contribution >= 4 is 11.9 Å². The van der Waals surface area contributed by atoms with Gasteiger partial charge in [-0.2, -0.15) is 19.6 Å². The number of allylic oxidation sites excluding steroid dienone is 4. The van der Waals surface area contributed by atoms with Gasteiger partial charge in [-0.1, -0.05) is 39.5 Å². The normalized spacial score (nSPS) is 24.5. The maximum atomic E-state index is 12.3. The van der Waals surface area contributed by atoms with Crippen molar-refractivity contribution in [3.8, 4) is 0 Å². The van der Waals surface area contributed by atoms with Crippen LogP contribution in [0.5, 0.6) is 0 Å². The number of esters is 2. The monoisotopic (exact) mass is 526 g/mol. The Kier molecular flexibility index (Phi) is 13.2. The van der Waals surface area contributed by atoms with Crippen LogP contribution >= 0.6 is 0 Å². The molecule has 1 rings (SSSR count). The maximum absolute atomic E-state index is 12.3. The average molecular weight is 527 g/mol. The summed E-state index contributed by atoms with van der Waals surface area (Å²) < 4.78 is 10.8. The molecule has 0 saturated heterocycles. The molecule has 1 aliphatic carbocycles. The van der Waals surface area contributed by atoms with Gasteiger partial charge < -0.3 is 29.0 Å². The molecule has 6 atom stereocenters. The quantitative estimate of drug-likeness (QED) is 0.0898. The molecule has 12 heteroatoms. The topological polar surface area (TPSA) is 126 Å². The molecule has 0 aromatic rings. The number of hydrogen-bond acceptors (Lipinski definition) is 12. The van der Waals surface area contributed by atoms with Crippen molar-refractivity contribution in [2.45, 2.75) is 58.2 Å². The number of hydrogen-bond donors (Lipinski definition) is 0. The lowest BCUT2D eigenvalue weighted by Crippen LogP contribution is -2.65. The van der Waals surface area contributed by atoms with Crippen molar-refractivity contribution in [2.24, 2.45) is 5.92 Å². The number of rotatable bonds is 17. The Morgan fingerprint density at radius 2 is 0.946 bits per heavy atom. The molecule has 0 aliphatic heterocycles. The molecule has 12 nitrogen and oxygen atoms in total. The summed E-state index contributed by atoms with van der Waals surface area (Å²) in [6.07, 6.45) is -4.50. The van der Waals surface area contributed by atoms with E-state index in [0.717, 1.165) is 12.2 Å². The molecule has 37 heavy (non-hydrogen) atoms. The molecule has 0 amide bonds. The minimum absolute atomic E-state index is 0.155. The average Bonchev–Trinajstić information content (AvgIpc) is 2.82. The van der Waals surface area contributed by atoms with Crippen molar-refractivity contribution in [3.05, 3.63) is 74.7 Å². The summed E-state index contributed by atoms with van der Waals surface area (Å²) in [5.41, 5.74) is 0. The molecule has 0 N–H and O–H groups in total. The highest BCUT2D eigenvalue weighted by Gasteiger charge is 2.59. The highest BCUT2D eigenvalue weighted by atomic mass is 17.3. The van der Waals surface area contributed by atoms with Crippen molar-refractivity contribution < 1.29 is 58.2 Å². The fraction of sp³-hybridized carbons (Fsp3) is 0.440. The van der Waals surface area contributed by atoms with E-state index in [4.69, 9.17) is 48.6 Å². The SMILES string of the molecule is C=CC(=O)OCC1C(OOC(=C)C)C(OOC(=C)C)C(OOC(=C)C)C(OOC(=C)C)C1OC(=O)C=C. The summed E-state index contributed by atoms with van der Waals surface area (Å²) >= 11 is 0. The van der Waals surface area contributed by atoms with Crippen molar-refractivity contribution in [3.63, 3.8) is 0 Å². The van der Waals surface area contributed by atoms with Crippen LogP contribution in [0.2, 0.25) is 0 Å². The number of carbonyl (C=O) groups excluding carboxylic acids is 2. The van der Waals surface area contributed by atoms with Crippen LogP contribution < -0.4 is 0 Å². The summed E-state index contributed by atoms with van der Waals surface area (Å²) in [6.45, 7) is 27.0. The summed E-state index contributed by atoms with van der Waals surface area (Å²) in [5.74, 6) is -1.98. The van der Waals surface area contributed by atoms with E-state index < -0.39 is 55.0 Å². The lowest BCUT2D eigenvalue weighted by molar-refractivity contribution is -0.458. The Labute approximate surface area is 216 Å². The second-order valence-corrected chi connectivity index (χ2v) is 7.99. The number of carbonyl (C=O) groups is 2. The first kappa shape index (κ1) is 31.4. The van der Waals surface area contributed by atoms with Crippen molar-refractivity contribution in [1.29, 1.82) is 0 Å². The molecule has 206 valence electrons. The highest BCUT2D eigenvalue weighted by molar-refractivity contribution is 5.81. The Bertz CT molecular complexity index is 879. The molecule has 1 saturated carbocycles.